The quantitative estimate of drug-likeness (QED) is 0.519. The van der Waals surface area contributed by atoms with Crippen molar-refractivity contribution in [1.29, 1.82) is 0 Å². The second-order valence-corrected chi connectivity index (χ2v) is 10.6. The monoisotopic (exact) mass is 278 g/mol. The Labute approximate surface area is 118 Å². The van der Waals surface area contributed by atoms with Crippen LogP contribution >= 0.6 is 0 Å². The normalized spacial score (nSPS) is 12.6. The summed E-state index contributed by atoms with van der Waals surface area (Å²) in [7, 11) is -1.62. The summed E-state index contributed by atoms with van der Waals surface area (Å²) in [5, 5.41) is 0. The minimum absolute atomic E-state index is 0.565. The lowest BCUT2D eigenvalue weighted by Crippen LogP contribution is -2.25. The van der Waals surface area contributed by atoms with Crippen molar-refractivity contribution in [3.05, 3.63) is 47.9 Å². The highest BCUT2D eigenvalue weighted by atomic mass is 28.4. The van der Waals surface area contributed by atoms with Gasteiger partial charge >= 0.3 is 0 Å². The van der Waals surface area contributed by atoms with Crippen LogP contribution in [0.2, 0.25) is 19.6 Å². The molecule has 0 aliphatic carbocycles. The summed E-state index contributed by atoms with van der Waals surface area (Å²) in [6, 6.07) is 10.2. The molecule has 106 valence electrons. The Morgan fingerprint density at radius 1 is 1.16 bits per heavy atom. The third-order valence-electron chi connectivity index (χ3n) is 2.39. The third-order valence-corrected chi connectivity index (χ3v) is 3.20. The predicted molar refractivity (Wildman–Crippen MR) is 83.2 cm³/mol. The van der Waals surface area contributed by atoms with Crippen LogP contribution in [0.3, 0.4) is 0 Å². The smallest absolute Gasteiger partial charge is 0.261 e. The summed E-state index contributed by atoms with van der Waals surface area (Å²) < 4.78 is 11.8. The zero-order valence-corrected chi connectivity index (χ0v) is 13.8. The van der Waals surface area contributed by atoms with E-state index in [1.165, 1.54) is 0 Å². The molecule has 1 aromatic carbocycles. The zero-order chi connectivity index (χ0) is 14.3. The van der Waals surface area contributed by atoms with Gasteiger partial charge in [0.1, 0.15) is 6.61 Å². The summed E-state index contributed by atoms with van der Waals surface area (Å²) >= 11 is 0. The topological polar surface area (TPSA) is 18.5 Å². The van der Waals surface area contributed by atoms with E-state index in [0.29, 0.717) is 18.5 Å². The van der Waals surface area contributed by atoms with Gasteiger partial charge in [0.05, 0.1) is 0 Å². The highest BCUT2D eigenvalue weighted by Gasteiger charge is 2.18. The first-order valence-corrected chi connectivity index (χ1v) is 10.3. The molecule has 0 spiro atoms. The molecule has 0 saturated heterocycles. The number of rotatable bonds is 7. The lowest BCUT2D eigenvalue weighted by atomic mass is 10.1. The molecule has 2 nitrogen and oxygen atoms in total. The van der Waals surface area contributed by atoms with Crippen LogP contribution in [-0.4, -0.2) is 8.32 Å². The molecule has 19 heavy (non-hydrogen) atoms. The van der Waals surface area contributed by atoms with E-state index >= 15 is 0 Å². The molecule has 0 heterocycles. The van der Waals surface area contributed by atoms with Crippen molar-refractivity contribution >= 4 is 8.32 Å². The third kappa shape index (κ3) is 7.72. The van der Waals surface area contributed by atoms with Crippen molar-refractivity contribution in [3.63, 3.8) is 0 Å². The van der Waals surface area contributed by atoms with Crippen LogP contribution in [0.1, 0.15) is 25.8 Å². The van der Waals surface area contributed by atoms with E-state index in [0.717, 1.165) is 12.0 Å². The molecule has 1 rings (SSSR count). The molecule has 0 aliphatic heterocycles. The maximum atomic E-state index is 5.99. The van der Waals surface area contributed by atoms with Gasteiger partial charge in [0.15, 0.2) is 0 Å². The zero-order valence-electron chi connectivity index (χ0n) is 12.8. The Balaban J connectivity index is 2.61. The van der Waals surface area contributed by atoms with Crippen LogP contribution in [0.25, 0.3) is 0 Å². The Bertz CT molecular complexity index is 391. The second-order valence-electron chi connectivity index (χ2n) is 6.14. The number of hydrogen-bond donors (Lipinski definition) is 0. The predicted octanol–water partition coefficient (Wildman–Crippen LogP) is 4.94. The largest absolute Gasteiger partial charge is 0.520 e. The highest BCUT2D eigenvalue weighted by Crippen LogP contribution is 2.16. The first kappa shape index (κ1) is 15.8. The summed E-state index contributed by atoms with van der Waals surface area (Å²) in [6.45, 7) is 11.5. The summed E-state index contributed by atoms with van der Waals surface area (Å²) in [6.07, 6.45) is 3.06. The van der Waals surface area contributed by atoms with E-state index in [2.05, 4.69) is 51.7 Å². The lowest BCUT2D eigenvalue weighted by Gasteiger charge is -2.22. The molecule has 0 radical (unpaired) electrons. The van der Waals surface area contributed by atoms with Gasteiger partial charge in [0.2, 0.25) is 8.32 Å². The molecule has 0 N–H and O–H groups in total. The maximum Gasteiger partial charge on any atom is 0.261 e. The number of hydrogen-bond acceptors (Lipinski definition) is 2. The van der Waals surface area contributed by atoms with Gasteiger partial charge in [0, 0.05) is 0 Å². The van der Waals surface area contributed by atoms with Gasteiger partial charge in [-0.1, -0.05) is 44.2 Å². The Morgan fingerprint density at radius 2 is 1.79 bits per heavy atom. The van der Waals surface area contributed by atoms with Crippen LogP contribution in [-0.2, 0) is 15.8 Å². The number of benzene rings is 1. The first-order chi connectivity index (χ1) is 8.87. The average Bonchev–Trinajstić information content (AvgIpc) is 2.32. The van der Waals surface area contributed by atoms with Crippen molar-refractivity contribution in [3.8, 4) is 0 Å². The van der Waals surface area contributed by atoms with Gasteiger partial charge < -0.3 is 9.16 Å². The van der Waals surface area contributed by atoms with Crippen molar-refractivity contribution in [2.24, 2.45) is 5.92 Å². The van der Waals surface area contributed by atoms with Gasteiger partial charge in [-0.2, -0.15) is 0 Å². The first-order valence-electron chi connectivity index (χ1n) is 6.93. The Hall–Kier alpha value is -1.22. The molecular formula is C16H26O2Si. The van der Waals surface area contributed by atoms with E-state index in [4.69, 9.17) is 9.16 Å². The fourth-order valence-electron chi connectivity index (χ4n) is 1.49. The van der Waals surface area contributed by atoms with Crippen molar-refractivity contribution in [2.75, 3.05) is 0 Å². The highest BCUT2D eigenvalue weighted by molar-refractivity contribution is 6.69. The van der Waals surface area contributed by atoms with E-state index in [9.17, 15) is 0 Å². The van der Waals surface area contributed by atoms with E-state index < -0.39 is 8.32 Å². The van der Waals surface area contributed by atoms with Crippen LogP contribution in [0.4, 0.5) is 0 Å². The SMILES string of the molecule is CC(C)C/C=C(/OCc1ccccc1)O[Si](C)(C)C. The fourth-order valence-corrected chi connectivity index (χ4v) is 2.24. The van der Waals surface area contributed by atoms with E-state index in [1.807, 2.05) is 18.2 Å². The summed E-state index contributed by atoms with van der Waals surface area (Å²) in [4.78, 5) is 0. The van der Waals surface area contributed by atoms with E-state index in [-0.39, 0.29) is 0 Å². The van der Waals surface area contributed by atoms with Gasteiger partial charge in [-0.05, 0) is 43.6 Å². The molecule has 0 bridgehead atoms. The molecule has 0 fully saturated rings. The fraction of sp³-hybridized carbons (Fsp3) is 0.500. The van der Waals surface area contributed by atoms with Crippen LogP contribution in [0.15, 0.2) is 42.4 Å². The van der Waals surface area contributed by atoms with Gasteiger partial charge in [-0.25, -0.2) is 0 Å². The minimum atomic E-state index is -1.62. The van der Waals surface area contributed by atoms with E-state index in [1.54, 1.807) is 0 Å². The van der Waals surface area contributed by atoms with Crippen LogP contribution < -0.4 is 0 Å². The van der Waals surface area contributed by atoms with Gasteiger partial charge in [-0.15, -0.1) is 0 Å². The molecule has 3 heteroatoms. The minimum Gasteiger partial charge on any atom is -0.520 e. The number of allylic oxidation sites excluding steroid dienone is 1. The molecule has 0 atom stereocenters. The maximum absolute atomic E-state index is 5.99. The molecule has 1 aromatic rings. The molecule has 0 amide bonds. The van der Waals surface area contributed by atoms with Crippen molar-refractivity contribution in [1.82, 2.24) is 0 Å². The lowest BCUT2D eigenvalue weighted by molar-refractivity contribution is 0.0902. The van der Waals surface area contributed by atoms with Crippen LogP contribution in [0, 0.1) is 5.92 Å². The van der Waals surface area contributed by atoms with Gasteiger partial charge in [-0.3, -0.25) is 0 Å². The summed E-state index contributed by atoms with van der Waals surface area (Å²) in [5.74, 6) is 1.30. The van der Waals surface area contributed by atoms with Crippen molar-refractivity contribution in [2.45, 2.75) is 46.5 Å². The molecular weight excluding hydrogens is 252 g/mol. The Morgan fingerprint density at radius 3 is 2.32 bits per heavy atom. The van der Waals surface area contributed by atoms with Crippen LogP contribution in [0.5, 0.6) is 0 Å². The molecule has 0 saturated carbocycles. The summed E-state index contributed by atoms with van der Waals surface area (Å²) in [5.41, 5.74) is 1.16. The average molecular weight is 278 g/mol. The Kier molecular flexibility index (Phi) is 6.16. The standard InChI is InChI=1S/C16H26O2Si/c1-14(2)11-12-16(18-19(3,4)5)17-13-15-9-7-6-8-10-15/h6-10,12,14H,11,13H2,1-5H3/b16-12-. The molecule has 0 aliphatic rings. The van der Waals surface area contributed by atoms with Gasteiger partial charge in [0.25, 0.3) is 5.95 Å². The van der Waals surface area contributed by atoms with Crippen molar-refractivity contribution < 1.29 is 9.16 Å². The number of ether oxygens (including phenoxy) is 1. The molecule has 0 unspecified atom stereocenters. The second kappa shape index (κ2) is 7.39. The molecule has 0 aromatic heterocycles.